The standard InChI is InChI=1S/C27H35N3O7S/c1-27(2,3)37-25(33)29-19(14-17-10-12-20(31)22-23(17)38-26(34)30-22)11-9-16-7-6-8-18(13-16)24(32)28-15-21(35-4)36-5/h6-8,10,12-13,19,21,31H,9,11,14-15H2,1-5H3,(H,28,32)(H,29,33)(H,30,34). The predicted molar refractivity (Wildman–Crippen MR) is 146 cm³/mol. The van der Waals surface area contributed by atoms with E-state index in [9.17, 15) is 19.5 Å². The van der Waals surface area contributed by atoms with Crippen molar-refractivity contribution in [2.24, 2.45) is 0 Å². The van der Waals surface area contributed by atoms with Gasteiger partial charge in [0.2, 0.25) is 0 Å². The summed E-state index contributed by atoms with van der Waals surface area (Å²) in [5.74, 6) is -0.251. The van der Waals surface area contributed by atoms with Crippen molar-refractivity contribution in [2.45, 2.75) is 58.0 Å². The van der Waals surface area contributed by atoms with Crippen LogP contribution in [-0.4, -0.2) is 60.8 Å². The molecular formula is C27H35N3O7S. The summed E-state index contributed by atoms with van der Waals surface area (Å²) in [6.07, 6.45) is 0.455. The molecule has 1 unspecified atom stereocenters. The van der Waals surface area contributed by atoms with Gasteiger partial charge in [-0.2, -0.15) is 0 Å². The second kappa shape index (κ2) is 12.9. The number of aromatic nitrogens is 1. The Bertz CT molecular complexity index is 1310. The lowest BCUT2D eigenvalue weighted by molar-refractivity contribution is -0.0974. The van der Waals surface area contributed by atoms with Gasteiger partial charge in [-0.3, -0.25) is 9.59 Å². The van der Waals surface area contributed by atoms with Crippen LogP contribution in [0.5, 0.6) is 5.75 Å². The Balaban J connectivity index is 1.76. The summed E-state index contributed by atoms with van der Waals surface area (Å²) >= 11 is 1.02. The van der Waals surface area contributed by atoms with Crippen LogP contribution in [0.2, 0.25) is 0 Å². The number of carbonyl (C=O) groups excluding carboxylic acids is 2. The third-order valence-corrected chi connectivity index (χ3v) is 6.71. The van der Waals surface area contributed by atoms with Crippen molar-refractivity contribution in [1.82, 2.24) is 15.6 Å². The predicted octanol–water partition coefficient (Wildman–Crippen LogP) is 3.71. The number of phenols is 1. The average molecular weight is 546 g/mol. The molecule has 4 N–H and O–H groups in total. The van der Waals surface area contributed by atoms with Gasteiger partial charge in [0.05, 0.1) is 11.2 Å². The second-order valence-electron chi connectivity index (χ2n) is 9.86. The van der Waals surface area contributed by atoms with Gasteiger partial charge in [0, 0.05) is 25.8 Å². The Kier molecular flexibility index (Phi) is 9.90. The highest BCUT2D eigenvalue weighted by atomic mass is 32.1. The fourth-order valence-electron chi connectivity index (χ4n) is 3.95. The molecule has 0 spiro atoms. The van der Waals surface area contributed by atoms with E-state index in [1.165, 1.54) is 20.3 Å². The van der Waals surface area contributed by atoms with Crippen molar-refractivity contribution in [3.8, 4) is 5.75 Å². The number of benzene rings is 2. The third kappa shape index (κ3) is 8.30. The number of carbonyl (C=O) groups is 2. The minimum absolute atomic E-state index is 0.00355. The van der Waals surface area contributed by atoms with Crippen LogP contribution in [0, 0.1) is 0 Å². The highest BCUT2D eigenvalue weighted by Gasteiger charge is 2.22. The van der Waals surface area contributed by atoms with Crippen LogP contribution >= 0.6 is 11.3 Å². The number of aryl methyl sites for hydroxylation is 1. The van der Waals surface area contributed by atoms with E-state index in [0.717, 1.165) is 22.5 Å². The van der Waals surface area contributed by atoms with Gasteiger partial charge in [0.25, 0.3) is 5.91 Å². The first-order valence-corrected chi connectivity index (χ1v) is 13.1. The van der Waals surface area contributed by atoms with E-state index in [1.54, 1.807) is 32.9 Å². The number of alkyl carbamates (subject to hydrolysis) is 1. The highest BCUT2D eigenvalue weighted by molar-refractivity contribution is 7.16. The Morgan fingerprint density at radius 3 is 2.55 bits per heavy atom. The summed E-state index contributed by atoms with van der Waals surface area (Å²) in [6.45, 7) is 5.59. The summed E-state index contributed by atoms with van der Waals surface area (Å²) in [5.41, 5.74) is 1.97. The first-order valence-electron chi connectivity index (χ1n) is 12.2. The summed E-state index contributed by atoms with van der Waals surface area (Å²) < 4.78 is 16.3. The number of fused-ring (bicyclic) bond motifs is 1. The van der Waals surface area contributed by atoms with E-state index < -0.39 is 18.0 Å². The lowest BCUT2D eigenvalue weighted by Crippen LogP contribution is -2.40. The zero-order chi connectivity index (χ0) is 27.9. The smallest absolute Gasteiger partial charge is 0.407 e. The van der Waals surface area contributed by atoms with Gasteiger partial charge in [-0.1, -0.05) is 29.5 Å². The SMILES string of the molecule is COC(CNC(=O)c1cccc(CCC(Cc2ccc(O)c3[nH]c(=O)sc23)NC(=O)OC(C)(C)C)c1)OC. The largest absolute Gasteiger partial charge is 0.506 e. The topological polar surface area (TPSA) is 139 Å². The number of rotatable bonds is 11. The van der Waals surface area contributed by atoms with E-state index in [4.69, 9.17) is 14.2 Å². The summed E-state index contributed by atoms with van der Waals surface area (Å²) in [5, 5.41) is 15.9. The number of ether oxygens (including phenoxy) is 3. The van der Waals surface area contributed by atoms with E-state index >= 15 is 0 Å². The molecule has 0 aliphatic carbocycles. The summed E-state index contributed by atoms with van der Waals surface area (Å²) in [7, 11) is 3.00. The van der Waals surface area contributed by atoms with Crippen molar-refractivity contribution in [2.75, 3.05) is 20.8 Å². The van der Waals surface area contributed by atoms with Crippen LogP contribution in [0.25, 0.3) is 10.2 Å². The molecule has 3 aromatic rings. The molecule has 2 amide bonds. The van der Waals surface area contributed by atoms with Crippen molar-refractivity contribution in [1.29, 1.82) is 0 Å². The minimum Gasteiger partial charge on any atom is -0.506 e. The third-order valence-electron chi connectivity index (χ3n) is 5.75. The number of H-pyrrole nitrogens is 1. The fraction of sp³-hybridized carbons (Fsp3) is 0.444. The van der Waals surface area contributed by atoms with Gasteiger partial charge in [-0.15, -0.1) is 0 Å². The molecule has 0 saturated carbocycles. The number of phenolic OH excluding ortho intramolecular Hbond substituents is 1. The molecule has 2 aromatic carbocycles. The lowest BCUT2D eigenvalue weighted by atomic mass is 9.97. The Morgan fingerprint density at radius 1 is 1.13 bits per heavy atom. The van der Waals surface area contributed by atoms with Gasteiger partial charge in [-0.05, 0) is 69.4 Å². The average Bonchev–Trinajstić information content (AvgIpc) is 3.26. The van der Waals surface area contributed by atoms with Gasteiger partial charge in [0.1, 0.15) is 16.9 Å². The number of thiazole rings is 1. The van der Waals surface area contributed by atoms with Crippen LogP contribution < -0.4 is 15.5 Å². The lowest BCUT2D eigenvalue weighted by Gasteiger charge is -2.24. The van der Waals surface area contributed by atoms with Crippen molar-refractivity contribution in [3.05, 3.63) is 62.8 Å². The zero-order valence-corrected chi connectivity index (χ0v) is 23.1. The summed E-state index contributed by atoms with van der Waals surface area (Å²) in [4.78, 5) is 39.6. The first kappa shape index (κ1) is 29.2. The zero-order valence-electron chi connectivity index (χ0n) is 22.3. The molecule has 0 aliphatic rings. The molecule has 38 heavy (non-hydrogen) atoms. The molecule has 0 fully saturated rings. The van der Waals surface area contributed by atoms with Gasteiger partial charge in [-0.25, -0.2) is 4.79 Å². The normalized spacial score (nSPS) is 12.5. The molecule has 0 bridgehead atoms. The van der Waals surface area contributed by atoms with Gasteiger partial charge >= 0.3 is 11.0 Å². The monoisotopic (exact) mass is 545 g/mol. The number of nitrogens with one attached hydrogen (secondary N) is 3. The van der Waals surface area contributed by atoms with Crippen LogP contribution in [0.3, 0.4) is 0 Å². The van der Waals surface area contributed by atoms with E-state index in [1.807, 2.05) is 18.2 Å². The molecule has 1 heterocycles. The van der Waals surface area contributed by atoms with Crippen molar-refractivity contribution >= 4 is 33.6 Å². The number of hydrogen-bond acceptors (Lipinski definition) is 8. The van der Waals surface area contributed by atoms with Crippen molar-refractivity contribution in [3.63, 3.8) is 0 Å². The van der Waals surface area contributed by atoms with Crippen LogP contribution in [-0.2, 0) is 27.1 Å². The van der Waals surface area contributed by atoms with E-state index in [-0.39, 0.29) is 29.1 Å². The molecule has 0 saturated heterocycles. The van der Waals surface area contributed by atoms with E-state index in [0.29, 0.717) is 35.0 Å². The second-order valence-corrected chi connectivity index (χ2v) is 10.8. The number of methoxy groups -OCH3 is 2. The van der Waals surface area contributed by atoms with Crippen molar-refractivity contribution < 1.29 is 28.9 Å². The highest BCUT2D eigenvalue weighted by Crippen LogP contribution is 2.29. The van der Waals surface area contributed by atoms with E-state index in [2.05, 4.69) is 15.6 Å². The first-order chi connectivity index (χ1) is 18.0. The fourth-order valence-corrected chi connectivity index (χ4v) is 4.83. The quantitative estimate of drug-likeness (QED) is 0.269. The minimum atomic E-state index is -0.660. The summed E-state index contributed by atoms with van der Waals surface area (Å²) in [6, 6.07) is 10.2. The van der Waals surface area contributed by atoms with Gasteiger partial charge < -0.3 is 34.9 Å². The molecule has 0 aliphatic heterocycles. The Labute approximate surface area is 225 Å². The van der Waals surface area contributed by atoms with Crippen LogP contribution in [0.4, 0.5) is 4.79 Å². The molecule has 1 atom stereocenters. The maximum atomic E-state index is 12.6. The number of aromatic hydroxyl groups is 1. The molecule has 0 radical (unpaired) electrons. The van der Waals surface area contributed by atoms with Crippen LogP contribution in [0.1, 0.15) is 48.7 Å². The maximum absolute atomic E-state index is 12.6. The molecule has 10 nitrogen and oxygen atoms in total. The molecule has 11 heteroatoms. The Hall–Kier alpha value is -3.41. The molecule has 1 aromatic heterocycles. The molecular weight excluding hydrogens is 510 g/mol. The maximum Gasteiger partial charge on any atom is 0.407 e. The van der Waals surface area contributed by atoms with Crippen LogP contribution in [0.15, 0.2) is 41.2 Å². The number of hydrogen-bond donors (Lipinski definition) is 4. The Morgan fingerprint density at radius 2 is 1.87 bits per heavy atom. The van der Waals surface area contributed by atoms with Gasteiger partial charge in [0.15, 0.2) is 6.29 Å². The molecule has 206 valence electrons. The number of aromatic amines is 1. The number of amides is 2. The molecule has 3 rings (SSSR count).